The first-order valence-electron chi connectivity index (χ1n) is 5.59. The summed E-state index contributed by atoms with van der Waals surface area (Å²) in [7, 11) is 0. The third-order valence-electron chi connectivity index (χ3n) is 2.61. The quantitative estimate of drug-likeness (QED) is 0.806. The summed E-state index contributed by atoms with van der Waals surface area (Å²) in [4.78, 5) is 0. The minimum atomic E-state index is 0.181. The monoisotopic (exact) mass is 208 g/mol. The van der Waals surface area contributed by atoms with Crippen molar-refractivity contribution >= 4 is 0 Å². The van der Waals surface area contributed by atoms with E-state index in [2.05, 4.69) is 13.0 Å². The Kier molecular flexibility index (Phi) is 4.63. The number of benzene rings is 1. The van der Waals surface area contributed by atoms with Crippen molar-refractivity contribution in [1.82, 2.24) is 0 Å². The lowest BCUT2D eigenvalue weighted by Gasteiger charge is -2.15. The zero-order valence-electron chi connectivity index (χ0n) is 9.79. The van der Waals surface area contributed by atoms with Gasteiger partial charge in [0.15, 0.2) is 0 Å². The van der Waals surface area contributed by atoms with Crippen molar-refractivity contribution in [1.29, 1.82) is 0 Å². The van der Waals surface area contributed by atoms with Gasteiger partial charge in [-0.3, -0.25) is 0 Å². The molecule has 0 saturated carbocycles. The fraction of sp³-hybridized carbons (Fsp3) is 0.538. The highest BCUT2D eigenvalue weighted by Gasteiger charge is 2.09. The van der Waals surface area contributed by atoms with Crippen LogP contribution < -0.4 is 4.74 Å². The second-order valence-corrected chi connectivity index (χ2v) is 3.73. The molecule has 1 N–H and O–H groups in total. The first kappa shape index (κ1) is 12.1. The van der Waals surface area contributed by atoms with E-state index in [0.29, 0.717) is 6.61 Å². The molecule has 0 aliphatic heterocycles. The van der Waals surface area contributed by atoms with E-state index >= 15 is 0 Å². The second kappa shape index (κ2) is 5.76. The molecule has 2 heteroatoms. The van der Waals surface area contributed by atoms with Crippen LogP contribution in [0.4, 0.5) is 0 Å². The molecule has 1 unspecified atom stereocenters. The summed E-state index contributed by atoms with van der Waals surface area (Å²) in [6.45, 7) is 7.00. The predicted octanol–water partition coefficient (Wildman–Crippen LogP) is 2.74. The van der Waals surface area contributed by atoms with Crippen molar-refractivity contribution in [3.63, 3.8) is 0 Å². The topological polar surface area (TPSA) is 29.5 Å². The number of hydrogen-bond donors (Lipinski definition) is 1. The van der Waals surface area contributed by atoms with E-state index in [0.717, 1.165) is 12.2 Å². The molecular weight excluding hydrogens is 188 g/mol. The van der Waals surface area contributed by atoms with E-state index in [9.17, 15) is 5.11 Å². The Hall–Kier alpha value is -1.02. The molecule has 0 fully saturated rings. The summed E-state index contributed by atoms with van der Waals surface area (Å²) in [5, 5.41) is 9.19. The summed E-state index contributed by atoms with van der Waals surface area (Å²) < 4.78 is 5.46. The molecule has 0 heterocycles. The summed E-state index contributed by atoms with van der Waals surface area (Å²) in [6.07, 6.45) is 0.992. The molecule has 0 spiro atoms. The highest BCUT2D eigenvalue weighted by molar-refractivity contribution is 5.37. The predicted molar refractivity (Wildman–Crippen MR) is 62.5 cm³/mol. The summed E-state index contributed by atoms with van der Waals surface area (Å²) in [5.74, 6) is 1.07. The van der Waals surface area contributed by atoms with Crippen LogP contribution in [0.5, 0.6) is 5.75 Å². The third-order valence-corrected chi connectivity index (χ3v) is 2.61. The molecular formula is C13H20O2. The Balaban J connectivity index is 3.01. The molecule has 0 radical (unpaired) electrons. The van der Waals surface area contributed by atoms with Crippen LogP contribution in [-0.4, -0.2) is 18.3 Å². The number of aliphatic hydroxyl groups excluding tert-OH is 1. The van der Waals surface area contributed by atoms with Gasteiger partial charge in [0, 0.05) is 12.5 Å². The van der Waals surface area contributed by atoms with Crippen molar-refractivity contribution in [2.45, 2.75) is 33.1 Å². The second-order valence-electron chi connectivity index (χ2n) is 3.73. The lowest BCUT2D eigenvalue weighted by Crippen LogP contribution is -2.04. The van der Waals surface area contributed by atoms with Crippen LogP contribution >= 0.6 is 0 Å². The van der Waals surface area contributed by atoms with Crippen LogP contribution in [0.25, 0.3) is 0 Å². The average molecular weight is 208 g/mol. The van der Waals surface area contributed by atoms with Gasteiger partial charge in [0.25, 0.3) is 0 Å². The lowest BCUT2D eigenvalue weighted by atomic mass is 9.94. The van der Waals surface area contributed by atoms with E-state index in [-0.39, 0.29) is 12.5 Å². The highest BCUT2D eigenvalue weighted by atomic mass is 16.5. The van der Waals surface area contributed by atoms with E-state index < -0.39 is 0 Å². The van der Waals surface area contributed by atoms with Crippen LogP contribution in [0.3, 0.4) is 0 Å². The van der Waals surface area contributed by atoms with Crippen LogP contribution in [0, 0.1) is 0 Å². The average Bonchev–Trinajstić information content (AvgIpc) is 2.28. The lowest BCUT2D eigenvalue weighted by molar-refractivity contribution is 0.272. The first-order valence-corrected chi connectivity index (χ1v) is 5.59. The number of hydrogen-bond acceptors (Lipinski definition) is 2. The zero-order valence-corrected chi connectivity index (χ0v) is 9.79. The van der Waals surface area contributed by atoms with Crippen LogP contribution in [0.1, 0.15) is 37.8 Å². The largest absolute Gasteiger partial charge is 0.494 e. The normalized spacial score (nSPS) is 12.5. The van der Waals surface area contributed by atoms with Crippen molar-refractivity contribution < 1.29 is 9.84 Å². The maximum Gasteiger partial charge on any atom is 0.119 e. The van der Waals surface area contributed by atoms with Gasteiger partial charge in [0.2, 0.25) is 0 Å². The van der Waals surface area contributed by atoms with E-state index in [1.807, 2.05) is 26.0 Å². The van der Waals surface area contributed by atoms with Crippen molar-refractivity contribution in [2.75, 3.05) is 13.2 Å². The SMILES string of the molecule is CCOc1ccc(CC)c(C(C)CO)c1. The molecule has 0 amide bonds. The number of aliphatic hydroxyl groups is 1. The number of rotatable bonds is 5. The minimum Gasteiger partial charge on any atom is -0.494 e. The fourth-order valence-corrected chi connectivity index (χ4v) is 1.71. The summed E-state index contributed by atoms with van der Waals surface area (Å²) in [5.41, 5.74) is 2.49. The smallest absolute Gasteiger partial charge is 0.119 e. The van der Waals surface area contributed by atoms with Crippen molar-refractivity contribution in [3.8, 4) is 5.75 Å². The molecule has 0 aliphatic rings. The zero-order chi connectivity index (χ0) is 11.3. The van der Waals surface area contributed by atoms with Gasteiger partial charge in [-0.15, -0.1) is 0 Å². The Morgan fingerprint density at radius 2 is 2.07 bits per heavy atom. The Morgan fingerprint density at radius 3 is 2.60 bits per heavy atom. The molecule has 0 saturated heterocycles. The molecule has 1 aromatic carbocycles. The van der Waals surface area contributed by atoms with Gasteiger partial charge in [-0.05, 0) is 36.6 Å². The number of aryl methyl sites for hydroxylation is 1. The van der Waals surface area contributed by atoms with Crippen molar-refractivity contribution in [2.24, 2.45) is 0 Å². The van der Waals surface area contributed by atoms with E-state index in [1.54, 1.807) is 0 Å². The summed E-state index contributed by atoms with van der Waals surface area (Å²) in [6, 6.07) is 6.13. The molecule has 2 nitrogen and oxygen atoms in total. The van der Waals surface area contributed by atoms with Gasteiger partial charge >= 0.3 is 0 Å². The number of ether oxygens (including phenoxy) is 1. The maximum atomic E-state index is 9.19. The van der Waals surface area contributed by atoms with Gasteiger partial charge in [-0.1, -0.05) is 19.9 Å². The molecule has 1 rings (SSSR count). The maximum absolute atomic E-state index is 9.19. The van der Waals surface area contributed by atoms with Gasteiger partial charge in [0.05, 0.1) is 6.61 Å². The minimum absolute atomic E-state index is 0.181. The van der Waals surface area contributed by atoms with E-state index in [1.165, 1.54) is 11.1 Å². The van der Waals surface area contributed by atoms with Crippen molar-refractivity contribution in [3.05, 3.63) is 29.3 Å². The van der Waals surface area contributed by atoms with Crippen LogP contribution in [0.2, 0.25) is 0 Å². The van der Waals surface area contributed by atoms with Crippen LogP contribution in [-0.2, 0) is 6.42 Å². The summed E-state index contributed by atoms with van der Waals surface area (Å²) >= 11 is 0. The molecule has 1 atom stereocenters. The molecule has 0 bridgehead atoms. The fourth-order valence-electron chi connectivity index (χ4n) is 1.71. The first-order chi connectivity index (χ1) is 7.22. The van der Waals surface area contributed by atoms with E-state index in [4.69, 9.17) is 4.74 Å². The van der Waals surface area contributed by atoms with Gasteiger partial charge in [0.1, 0.15) is 5.75 Å². The molecule has 0 aliphatic carbocycles. The van der Waals surface area contributed by atoms with Gasteiger partial charge in [-0.2, -0.15) is 0 Å². The van der Waals surface area contributed by atoms with Gasteiger partial charge < -0.3 is 9.84 Å². The standard InChI is InChI=1S/C13H20O2/c1-4-11-6-7-12(15-5-2)8-13(11)10(3)9-14/h6-8,10,14H,4-5,9H2,1-3H3. The molecule has 1 aromatic rings. The third kappa shape index (κ3) is 2.96. The Bertz CT molecular complexity index is 307. The van der Waals surface area contributed by atoms with Crippen LogP contribution in [0.15, 0.2) is 18.2 Å². The molecule has 84 valence electrons. The molecule has 15 heavy (non-hydrogen) atoms. The highest BCUT2D eigenvalue weighted by Crippen LogP contribution is 2.25. The van der Waals surface area contributed by atoms with Gasteiger partial charge in [-0.25, -0.2) is 0 Å². The molecule has 0 aromatic heterocycles. The Labute approximate surface area is 91.9 Å². The Morgan fingerprint density at radius 1 is 1.33 bits per heavy atom.